The van der Waals surface area contributed by atoms with Gasteiger partial charge in [0, 0.05) is 41.6 Å². The maximum Gasteiger partial charge on any atom is 0.284 e. The molecule has 168 valence electrons. The molecule has 4 aromatic rings. The zero-order valence-electron chi connectivity index (χ0n) is 17.9. The Morgan fingerprint density at radius 1 is 1.03 bits per heavy atom. The topological polar surface area (TPSA) is 95.4 Å². The molecule has 0 atom stereocenters. The number of nitrogens with two attached hydrogens (primary N) is 1. The average Bonchev–Trinajstić information content (AvgIpc) is 3.18. The molecule has 0 aliphatic carbocycles. The van der Waals surface area contributed by atoms with Gasteiger partial charge in [-0.05, 0) is 42.7 Å². The highest BCUT2D eigenvalue weighted by Gasteiger charge is 2.19. The zero-order chi connectivity index (χ0) is 23.2. The van der Waals surface area contributed by atoms with Gasteiger partial charge in [0.1, 0.15) is 11.4 Å². The maximum atomic E-state index is 13.7. The average molecular weight is 446 g/mol. The summed E-state index contributed by atoms with van der Waals surface area (Å²) in [6, 6.07) is 17.4. The molecule has 1 amide bonds. The van der Waals surface area contributed by atoms with Crippen LogP contribution >= 0.6 is 0 Å². The molecule has 6 nitrogen and oxygen atoms in total. The fourth-order valence-electron chi connectivity index (χ4n) is 3.69. The number of halogens is 1. The number of benzene rings is 2. The molecule has 0 bridgehead atoms. The summed E-state index contributed by atoms with van der Waals surface area (Å²) in [6.45, 7) is 0.492. The van der Waals surface area contributed by atoms with Crippen LogP contribution in [0.3, 0.4) is 0 Å². The van der Waals surface area contributed by atoms with Crippen molar-refractivity contribution >= 4 is 22.7 Å². The van der Waals surface area contributed by atoms with Crippen molar-refractivity contribution in [2.75, 3.05) is 6.61 Å². The van der Waals surface area contributed by atoms with Crippen LogP contribution in [0.2, 0.25) is 0 Å². The van der Waals surface area contributed by atoms with E-state index in [4.69, 9.17) is 14.9 Å². The summed E-state index contributed by atoms with van der Waals surface area (Å²) < 4.78 is 24.8. The fourth-order valence-corrected chi connectivity index (χ4v) is 3.69. The number of aromatic nitrogens is 1. The first kappa shape index (κ1) is 22.2. The molecule has 0 unspecified atom stereocenters. The molecule has 2 N–H and O–H groups in total. The standard InChI is InChI=1S/C26H23FN2O4/c27-19-10-11-23-21(15-19)20(25(33-23)26(28)31)7-4-8-22(30)18-9-12-24(29-16-18)32-14-13-17-5-2-1-3-6-17/h1-3,5-6,9-12,15-16H,4,7-8,13-14H2,(H2,28,31). The Hall–Kier alpha value is -4.00. The van der Waals surface area contributed by atoms with Crippen molar-refractivity contribution in [3.63, 3.8) is 0 Å². The third kappa shape index (κ3) is 5.44. The highest BCUT2D eigenvalue weighted by Crippen LogP contribution is 2.28. The predicted molar refractivity (Wildman–Crippen MR) is 122 cm³/mol. The lowest BCUT2D eigenvalue weighted by atomic mass is 10.0. The smallest absolute Gasteiger partial charge is 0.284 e. The van der Waals surface area contributed by atoms with Gasteiger partial charge in [0.15, 0.2) is 11.5 Å². The summed E-state index contributed by atoms with van der Waals surface area (Å²) in [5.74, 6) is -0.783. The van der Waals surface area contributed by atoms with Crippen LogP contribution in [-0.2, 0) is 12.8 Å². The number of nitrogens with zero attached hydrogens (tertiary/aromatic N) is 1. The molecule has 2 aromatic heterocycles. The monoisotopic (exact) mass is 446 g/mol. The van der Waals surface area contributed by atoms with Gasteiger partial charge in [-0.2, -0.15) is 0 Å². The molecule has 0 spiro atoms. The Kier molecular flexibility index (Phi) is 6.78. The number of aryl methyl sites for hydroxylation is 1. The molecule has 0 fully saturated rings. The van der Waals surface area contributed by atoms with Gasteiger partial charge in [0.25, 0.3) is 5.91 Å². The number of hydrogen-bond donors (Lipinski definition) is 1. The number of fused-ring (bicyclic) bond motifs is 1. The van der Waals surface area contributed by atoms with Crippen LogP contribution in [0.15, 0.2) is 71.3 Å². The number of primary amides is 1. The van der Waals surface area contributed by atoms with Gasteiger partial charge in [-0.1, -0.05) is 30.3 Å². The minimum Gasteiger partial charge on any atom is -0.477 e. The van der Waals surface area contributed by atoms with Crippen LogP contribution in [-0.4, -0.2) is 23.3 Å². The summed E-state index contributed by atoms with van der Waals surface area (Å²) in [7, 11) is 0. The summed E-state index contributed by atoms with van der Waals surface area (Å²) >= 11 is 0. The number of hydrogen-bond acceptors (Lipinski definition) is 5. The van der Waals surface area contributed by atoms with Crippen molar-refractivity contribution in [1.82, 2.24) is 4.98 Å². The lowest BCUT2D eigenvalue weighted by Gasteiger charge is -2.06. The van der Waals surface area contributed by atoms with Gasteiger partial charge in [0.05, 0.1) is 6.61 Å². The normalized spacial score (nSPS) is 10.9. The van der Waals surface area contributed by atoms with E-state index in [0.717, 1.165) is 6.42 Å². The number of rotatable bonds is 10. The van der Waals surface area contributed by atoms with Crippen molar-refractivity contribution in [3.8, 4) is 5.88 Å². The molecule has 0 saturated carbocycles. The van der Waals surface area contributed by atoms with E-state index in [1.807, 2.05) is 30.3 Å². The molecule has 0 aliphatic rings. The molecular weight excluding hydrogens is 423 g/mol. The number of ether oxygens (including phenoxy) is 1. The van der Waals surface area contributed by atoms with Crippen LogP contribution in [0.1, 0.15) is 44.9 Å². The van der Waals surface area contributed by atoms with E-state index in [-0.39, 0.29) is 18.0 Å². The van der Waals surface area contributed by atoms with Gasteiger partial charge in [-0.3, -0.25) is 9.59 Å². The molecule has 0 radical (unpaired) electrons. The van der Waals surface area contributed by atoms with Crippen molar-refractivity contribution in [1.29, 1.82) is 0 Å². The molecular formula is C26H23FN2O4. The lowest BCUT2D eigenvalue weighted by Crippen LogP contribution is -2.12. The highest BCUT2D eigenvalue weighted by molar-refractivity contribution is 5.98. The number of carbonyl (C=O) groups excluding carboxylic acids is 2. The first-order valence-corrected chi connectivity index (χ1v) is 10.7. The fraction of sp³-hybridized carbons (Fsp3) is 0.192. The largest absolute Gasteiger partial charge is 0.477 e. The van der Waals surface area contributed by atoms with E-state index >= 15 is 0 Å². The van der Waals surface area contributed by atoms with E-state index in [1.54, 1.807) is 12.1 Å². The van der Waals surface area contributed by atoms with E-state index in [1.165, 1.54) is 30.0 Å². The van der Waals surface area contributed by atoms with E-state index in [9.17, 15) is 14.0 Å². The second-order valence-corrected chi connectivity index (χ2v) is 7.66. The van der Waals surface area contributed by atoms with Crippen molar-refractivity contribution in [2.24, 2.45) is 5.73 Å². The van der Waals surface area contributed by atoms with Crippen LogP contribution < -0.4 is 10.5 Å². The van der Waals surface area contributed by atoms with Crippen LogP contribution in [0.4, 0.5) is 4.39 Å². The van der Waals surface area contributed by atoms with Gasteiger partial charge < -0.3 is 14.9 Å². The second-order valence-electron chi connectivity index (χ2n) is 7.66. The molecule has 7 heteroatoms. The molecule has 0 aliphatic heterocycles. The summed E-state index contributed by atoms with van der Waals surface area (Å²) in [4.78, 5) is 28.5. The van der Waals surface area contributed by atoms with E-state index in [2.05, 4.69) is 4.98 Å². The molecule has 4 rings (SSSR count). The Bertz CT molecular complexity index is 1270. The van der Waals surface area contributed by atoms with Crippen LogP contribution in [0.5, 0.6) is 5.88 Å². The summed E-state index contributed by atoms with van der Waals surface area (Å²) in [5, 5.41) is 0.495. The third-order valence-electron chi connectivity index (χ3n) is 5.35. The number of ketones is 1. The van der Waals surface area contributed by atoms with Crippen molar-refractivity contribution in [3.05, 3.63) is 95.1 Å². The number of Topliss-reactive ketones (excluding diaryl/α,β-unsaturated/α-hetero) is 1. The zero-order valence-corrected chi connectivity index (χ0v) is 17.9. The Balaban J connectivity index is 1.32. The van der Waals surface area contributed by atoms with Crippen molar-refractivity contribution < 1.29 is 23.1 Å². The number of furan rings is 1. The number of pyridine rings is 1. The number of amides is 1. The Labute approximate surface area is 190 Å². The molecule has 2 aromatic carbocycles. The van der Waals surface area contributed by atoms with Gasteiger partial charge in [-0.15, -0.1) is 0 Å². The molecule has 2 heterocycles. The quantitative estimate of drug-likeness (QED) is 0.350. The molecule has 33 heavy (non-hydrogen) atoms. The molecule has 0 saturated heterocycles. The Morgan fingerprint density at radius 2 is 1.85 bits per heavy atom. The number of carbonyl (C=O) groups is 2. The SMILES string of the molecule is NC(=O)c1oc2ccc(F)cc2c1CCCC(=O)c1ccc(OCCc2ccccc2)nc1. The van der Waals surface area contributed by atoms with Crippen LogP contribution in [0, 0.1) is 5.82 Å². The minimum absolute atomic E-state index is 0.00159. The van der Waals surface area contributed by atoms with Gasteiger partial charge >= 0.3 is 0 Å². The lowest BCUT2D eigenvalue weighted by molar-refractivity contribution is 0.0972. The van der Waals surface area contributed by atoms with E-state index in [0.29, 0.717) is 47.4 Å². The van der Waals surface area contributed by atoms with Crippen LogP contribution in [0.25, 0.3) is 11.0 Å². The summed E-state index contributed by atoms with van der Waals surface area (Å²) in [5.41, 5.74) is 7.97. The third-order valence-corrected chi connectivity index (χ3v) is 5.35. The second kappa shape index (κ2) is 10.1. The van der Waals surface area contributed by atoms with Crippen molar-refractivity contribution in [2.45, 2.75) is 25.7 Å². The van der Waals surface area contributed by atoms with Gasteiger partial charge in [-0.25, -0.2) is 9.37 Å². The first-order chi connectivity index (χ1) is 16.0. The Morgan fingerprint density at radius 3 is 2.58 bits per heavy atom. The predicted octanol–water partition coefficient (Wildman–Crippen LogP) is 4.89. The first-order valence-electron chi connectivity index (χ1n) is 10.7. The maximum absolute atomic E-state index is 13.7. The van der Waals surface area contributed by atoms with E-state index < -0.39 is 11.7 Å². The van der Waals surface area contributed by atoms with Gasteiger partial charge in [0.2, 0.25) is 5.88 Å². The highest BCUT2D eigenvalue weighted by atomic mass is 19.1. The minimum atomic E-state index is -0.722. The summed E-state index contributed by atoms with van der Waals surface area (Å²) in [6.07, 6.45) is 3.30.